The fourth-order valence-corrected chi connectivity index (χ4v) is 1.18. The Morgan fingerprint density at radius 1 is 1.43 bits per heavy atom. The number of carbonyl (C=O) groups is 1. The van der Waals surface area contributed by atoms with Crippen LogP contribution in [0.25, 0.3) is 0 Å². The third-order valence-electron chi connectivity index (χ3n) is 1.31. The number of nitrogens with one attached hydrogen (secondary N) is 1. The van der Waals surface area contributed by atoms with Crippen LogP contribution in [0, 0.1) is 0 Å². The maximum absolute atomic E-state index is 11.0. The summed E-state index contributed by atoms with van der Waals surface area (Å²) in [5, 5.41) is 0. The quantitative estimate of drug-likeness (QED) is 0.319. The Labute approximate surface area is 88.8 Å². The average Bonchev–Trinajstić information content (AvgIpc) is 2.18. The van der Waals surface area contributed by atoms with Crippen molar-refractivity contribution in [3.8, 4) is 0 Å². The summed E-state index contributed by atoms with van der Waals surface area (Å²) in [6.45, 7) is 1.73. The van der Waals surface area contributed by atoms with Crippen LogP contribution in [0.2, 0.25) is 0 Å². The van der Waals surface area contributed by atoms with Gasteiger partial charge in [-0.2, -0.15) is 0 Å². The molecule has 0 fully saturated rings. The van der Waals surface area contributed by atoms with Crippen LogP contribution < -0.4 is 10.5 Å². The smallest absolute Gasteiger partial charge is 0.306 e. The lowest BCUT2D eigenvalue weighted by Gasteiger charge is -2.04. The van der Waals surface area contributed by atoms with E-state index in [4.69, 9.17) is 15.2 Å². The molecule has 0 atom stereocenters. The van der Waals surface area contributed by atoms with Crippen molar-refractivity contribution in [2.45, 2.75) is 6.42 Å². The van der Waals surface area contributed by atoms with Gasteiger partial charge in [-0.25, -0.2) is 0 Å². The number of carbonyl (C=O) groups excluding carboxylic acids is 1. The number of esters is 1. The van der Waals surface area contributed by atoms with Gasteiger partial charge in [0.25, 0.3) is 0 Å². The minimum absolute atomic E-state index is 0.191. The van der Waals surface area contributed by atoms with Crippen LogP contribution in [0.15, 0.2) is 0 Å². The van der Waals surface area contributed by atoms with Gasteiger partial charge < -0.3 is 15.2 Å². The van der Waals surface area contributed by atoms with E-state index < -0.39 is 0 Å². The van der Waals surface area contributed by atoms with E-state index in [1.165, 1.54) is 11.9 Å². The van der Waals surface area contributed by atoms with Crippen molar-refractivity contribution in [2.75, 3.05) is 39.2 Å². The Bertz CT molecular complexity index is 147. The first-order chi connectivity index (χ1) is 6.81. The highest BCUT2D eigenvalue weighted by Gasteiger charge is 2.01. The van der Waals surface area contributed by atoms with E-state index in [1.54, 1.807) is 0 Å². The van der Waals surface area contributed by atoms with E-state index in [9.17, 15) is 4.79 Å². The van der Waals surface area contributed by atoms with Crippen LogP contribution in [-0.4, -0.2) is 45.1 Å². The molecule has 0 amide bonds. The summed E-state index contributed by atoms with van der Waals surface area (Å²) in [5.41, 5.74) is 5.21. The molecule has 3 N–H and O–H groups in total. The van der Waals surface area contributed by atoms with E-state index in [1.807, 2.05) is 7.05 Å². The summed E-state index contributed by atoms with van der Waals surface area (Å²) in [6, 6.07) is 0. The van der Waals surface area contributed by atoms with Gasteiger partial charge in [-0.3, -0.25) is 9.52 Å². The van der Waals surface area contributed by atoms with Gasteiger partial charge >= 0.3 is 5.97 Å². The van der Waals surface area contributed by atoms with E-state index in [0.717, 1.165) is 5.75 Å². The lowest BCUT2D eigenvalue weighted by Crippen LogP contribution is -2.15. The van der Waals surface area contributed by atoms with Crippen molar-refractivity contribution < 1.29 is 14.3 Å². The molecule has 0 saturated heterocycles. The first kappa shape index (κ1) is 13.7. The molecule has 6 heteroatoms. The number of nitrogens with two attached hydrogens (primary N) is 1. The Hall–Kier alpha value is -0.300. The number of hydrogen-bond acceptors (Lipinski definition) is 6. The van der Waals surface area contributed by atoms with Crippen molar-refractivity contribution in [1.82, 2.24) is 4.72 Å². The monoisotopic (exact) mass is 222 g/mol. The molecular weight excluding hydrogens is 204 g/mol. The van der Waals surface area contributed by atoms with Crippen LogP contribution in [0.1, 0.15) is 6.42 Å². The second-order valence-electron chi connectivity index (χ2n) is 2.42. The van der Waals surface area contributed by atoms with Crippen LogP contribution in [0.5, 0.6) is 0 Å². The predicted molar refractivity (Wildman–Crippen MR) is 57.0 cm³/mol. The standard InChI is InChI=1S/C8H18N2O3S/c1-10-14-7-2-8(11)13-6-5-12-4-3-9/h10H,2-7,9H2,1H3. The van der Waals surface area contributed by atoms with Crippen molar-refractivity contribution >= 4 is 17.9 Å². The Balaban J connectivity index is 3.10. The van der Waals surface area contributed by atoms with Crippen molar-refractivity contribution in [3.63, 3.8) is 0 Å². The molecule has 0 aromatic carbocycles. The molecule has 0 aromatic rings. The second-order valence-corrected chi connectivity index (χ2v) is 3.53. The maximum atomic E-state index is 11.0. The molecule has 0 saturated carbocycles. The molecule has 0 aliphatic heterocycles. The zero-order chi connectivity index (χ0) is 10.6. The van der Waals surface area contributed by atoms with Gasteiger partial charge in [0.2, 0.25) is 0 Å². The summed E-state index contributed by atoms with van der Waals surface area (Å²) in [5.74, 6) is 0.531. The fourth-order valence-electron chi connectivity index (χ4n) is 0.708. The van der Waals surface area contributed by atoms with Gasteiger partial charge in [-0.15, -0.1) is 0 Å². The summed E-state index contributed by atoms with van der Waals surface area (Å²) in [6.07, 6.45) is 0.419. The minimum Gasteiger partial charge on any atom is -0.463 e. The summed E-state index contributed by atoms with van der Waals surface area (Å²) in [7, 11) is 1.82. The normalized spacial score (nSPS) is 10.1. The van der Waals surface area contributed by atoms with Crippen molar-refractivity contribution in [1.29, 1.82) is 0 Å². The van der Waals surface area contributed by atoms with E-state index in [2.05, 4.69) is 4.72 Å². The Morgan fingerprint density at radius 3 is 2.86 bits per heavy atom. The van der Waals surface area contributed by atoms with Crippen LogP contribution in [-0.2, 0) is 14.3 Å². The third kappa shape index (κ3) is 9.79. The molecule has 14 heavy (non-hydrogen) atoms. The second kappa shape index (κ2) is 10.8. The van der Waals surface area contributed by atoms with E-state index in [0.29, 0.717) is 32.8 Å². The molecule has 0 heterocycles. The largest absolute Gasteiger partial charge is 0.463 e. The molecular formula is C8H18N2O3S. The number of ether oxygens (including phenoxy) is 2. The molecule has 0 bridgehead atoms. The highest BCUT2D eigenvalue weighted by atomic mass is 32.2. The molecule has 0 rings (SSSR count). The number of hydrogen-bond donors (Lipinski definition) is 2. The predicted octanol–water partition coefficient (Wildman–Crippen LogP) is -0.237. The first-order valence-electron chi connectivity index (χ1n) is 4.53. The van der Waals surface area contributed by atoms with Gasteiger partial charge in [0, 0.05) is 12.3 Å². The van der Waals surface area contributed by atoms with Gasteiger partial charge in [0.15, 0.2) is 0 Å². The zero-order valence-electron chi connectivity index (χ0n) is 8.45. The van der Waals surface area contributed by atoms with Gasteiger partial charge in [0.1, 0.15) is 6.61 Å². The summed E-state index contributed by atoms with van der Waals surface area (Å²) < 4.78 is 12.8. The van der Waals surface area contributed by atoms with Crippen LogP contribution >= 0.6 is 11.9 Å². The molecule has 0 aliphatic rings. The topological polar surface area (TPSA) is 73.6 Å². The molecule has 0 aromatic heterocycles. The fraction of sp³-hybridized carbons (Fsp3) is 0.875. The summed E-state index contributed by atoms with van der Waals surface area (Å²) >= 11 is 1.49. The van der Waals surface area contributed by atoms with E-state index >= 15 is 0 Å². The lowest BCUT2D eigenvalue weighted by molar-refractivity contribution is -0.144. The molecule has 84 valence electrons. The van der Waals surface area contributed by atoms with Crippen molar-refractivity contribution in [3.05, 3.63) is 0 Å². The Kier molecular flexibility index (Phi) is 10.5. The summed E-state index contributed by atoms with van der Waals surface area (Å²) in [4.78, 5) is 11.0. The van der Waals surface area contributed by atoms with Crippen molar-refractivity contribution in [2.24, 2.45) is 5.73 Å². The highest BCUT2D eigenvalue weighted by Crippen LogP contribution is 1.96. The number of rotatable bonds is 9. The first-order valence-corrected chi connectivity index (χ1v) is 5.51. The molecule has 0 spiro atoms. The molecule has 5 nitrogen and oxygen atoms in total. The minimum atomic E-state index is -0.191. The molecule has 0 aliphatic carbocycles. The SMILES string of the molecule is CNSCCC(=O)OCCOCCN. The third-order valence-corrected chi connectivity index (χ3v) is 2.00. The molecule has 0 unspecified atom stereocenters. The van der Waals surface area contributed by atoms with Crippen LogP contribution in [0.4, 0.5) is 0 Å². The lowest BCUT2D eigenvalue weighted by atomic mass is 10.5. The Morgan fingerprint density at radius 2 is 2.21 bits per heavy atom. The van der Waals surface area contributed by atoms with Crippen LogP contribution in [0.3, 0.4) is 0 Å². The highest BCUT2D eigenvalue weighted by molar-refractivity contribution is 7.97. The maximum Gasteiger partial charge on any atom is 0.306 e. The molecule has 0 radical (unpaired) electrons. The van der Waals surface area contributed by atoms with Gasteiger partial charge in [0.05, 0.1) is 19.6 Å². The van der Waals surface area contributed by atoms with Gasteiger partial charge in [-0.1, -0.05) is 11.9 Å². The van der Waals surface area contributed by atoms with Gasteiger partial charge in [-0.05, 0) is 7.05 Å². The average molecular weight is 222 g/mol. The zero-order valence-corrected chi connectivity index (χ0v) is 9.27. The van der Waals surface area contributed by atoms with E-state index in [-0.39, 0.29) is 5.97 Å².